The van der Waals surface area contributed by atoms with Crippen molar-refractivity contribution in [1.29, 1.82) is 0 Å². The summed E-state index contributed by atoms with van der Waals surface area (Å²) >= 11 is 0. The van der Waals surface area contributed by atoms with Gasteiger partial charge in [0.15, 0.2) is 5.65 Å². The lowest BCUT2D eigenvalue weighted by Gasteiger charge is -2.18. The van der Waals surface area contributed by atoms with E-state index in [2.05, 4.69) is 28.8 Å². The highest BCUT2D eigenvalue weighted by Crippen LogP contribution is 2.14. The van der Waals surface area contributed by atoms with E-state index in [0.29, 0.717) is 17.4 Å². The van der Waals surface area contributed by atoms with Crippen LogP contribution in [-0.2, 0) is 6.54 Å². The van der Waals surface area contributed by atoms with Crippen molar-refractivity contribution in [2.45, 2.75) is 20.4 Å². The third-order valence-electron chi connectivity index (χ3n) is 4.25. The highest BCUT2D eigenvalue weighted by molar-refractivity contribution is 5.95. The molecule has 0 atom stereocenters. The van der Waals surface area contributed by atoms with E-state index in [1.165, 1.54) is 16.9 Å². The molecule has 3 aromatic rings. The maximum absolute atomic E-state index is 12.6. The first kappa shape index (κ1) is 16.1. The maximum Gasteiger partial charge on any atom is 0.341 e. The van der Waals surface area contributed by atoms with Crippen molar-refractivity contribution in [3.05, 3.63) is 40.6 Å². The molecule has 0 fully saturated rings. The number of carbonyl (C=O) groups is 1. The van der Waals surface area contributed by atoms with E-state index in [9.17, 15) is 9.59 Å². The molecule has 0 aliphatic heterocycles. The normalized spacial score (nSPS) is 11.6. The predicted molar refractivity (Wildman–Crippen MR) is 89.5 cm³/mol. The Hall–Kier alpha value is -2.74. The van der Waals surface area contributed by atoms with Crippen LogP contribution < -0.4 is 5.56 Å². The third kappa shape index (κ3) is 2.65. The van der Waals surface area contributed by atoms with Gasteiger partial charge in [0, 0.05) is 25.5 Å². The Balaban J connectivity index is 2.05. The van der Waals surface area contributed by atoms with Crippen molar-refractivity contribution in [2.75, 3.05) is 19.6 Å². The van der Waals surface area contributed by atoms with E-state index in [4.69, 9.17) is 5.11 Å². The number of pyridine rings is 1. The molecule has 0 amide bonds. The smallest absolute Gasteiger partial charge is 0.341 e. The van der Waals surface area contributed by atoms with E-state index in [0.717, 1.165) is 19.6 Å². The lowest BCUT2D eigenvalue weighted by atomic mass is 10.3. The summed E-state index contributed by atoms with van der Waals surface area (Å²) < 4.78 is 3.05. The van der Waals surface area contributed by atoms with Crippen molar-refractivity contribution >= 4 is 22.5 Å². The number of aromatic carboxylic acids is 1. The number of aromatic nitrogens is 4. The number of carboxylic acids is 1. The van der Waals surface area contributed by atoms with Crippen LogP contribution in [0.15, 0.2) is 29.5 Å². The minimum absolute atomic E-state index is 0.0163. The standard InChI is InChI=1S/C16H19N5O3/c1-3-19(4-2)7-8-20-6-5-13-11(15(20)22)9-17-14-12(16(23)24)10-18-21(13)14/h5-6,9-10H,3-4,7-8H2,1-2H3,(H,23,24). The number of hydrogen-bond donors (Lipinski definition) is 1. The fraction of sp³-hybridized carbons (Fsp3) is 0.375. The van der Waals surface area contributed by atoms with Gasteiger partial charge >= 0.3 is 5.97 Å². The van der Waals surface area contributed by atoms with Gasteiger partial charge in [-0.15, -0.1) is 0 Å². The van der Waals surface area contributed by atoms with Crippen molar-refractivity contribution < 1.29 is 9.90 Å². The zero-order valence-corrected chi connectivity index (χ0v) is 13.6. The molecule has 0 saturated carbocycles. The number of hydrogen-bond acceptors (Lipinski definition) is 5. The molecule has 0 aliphatic rings. The third-order valence-corrected chi connectivity index (χ3v) is 4.25. The first-order valence-corrected chi connectivity index (χ1v) is 7.88. The van der Waals surface area contributed by atoms with Crippen LogP contribution >= 0.6 is 0 Å². The number of rotatable bonds is 6. The molecule has 126 valence electrons. The molecule has 3 rings (SSSR count). The average Bonchev–Trinajstić information content (AvgIpc) is 3.02. The van der Waals surface area contributed by atoms with E-state index >= 15 is 0 Å². The molecule has 0 radical (unpaired) electrons. The van der Waals surface area contributed by atoms with Gasteiger partial charge in [0.05, 0.1) is 17.1 Å². The summed E-state index contributed by atoms with van der Waals surface area (Å²) in [6.45, 7) is 7.43. The zero-order chi connectivity index (χ0) is 17.3. The van der Waals surface area contributed by atoms with Crippen LogP contribution in [0.3, 0.4) is 0 Å². The van der Waals surface area contributed by atoms with Gasteiger partial charge in [-0.1, -0.05) is 13.8 Å². The second-order valence-corrected chi connectivity index (χ2v) is 5.50. The Morgan fingerprint density at radius 3 is 2.71 bits per heavy atom. The molecule has 8 heteroatoms. The van der Waals surface area contributed by atoms with Crippen LogP contribution in [0.25, 0.3) is 16.6 Å². The highest BCUT2D eigenvalue weighted by atomic mass is 16.4. The summed E-state index contributed by atoms with van der Waals surface area (Å²) in [5, 5.41) is 13.6. The van der Waals surface area contributed by atoms with Gasteiger partial charge in [0.1, 0.15) is 5.56 Å². The van der Waals surface area contributed by atoms with Crippen molar-refractivity contribution in [1.82, 2.24) is 24.1 Å². The average molecular weight is 329 g/mol. The molecule has 0 aromatic carbocycles. The lowest BCUT2D eigenvalue weighted by molar-refractivity contribution is 0.0699. The molecule has 0 saturated heterocycles. The van der Waals surface area contributed by atoms with E-state index < -0.39 is 5.97 Å². The minimum atomic E-state index is -1.09. The Morgan fingerprint density at radius 2 is 2.04 bits per heavy atom. The van der Waals surface area contributed by atoms with Gasteiger partial charge in [0.25, 0.3) is 5.56 Å². The summed E-state index contributed by atoms with van der Waals surface area (Å²) in [5.41, 5.74) is 0.649. The predicted octanol–water partition coefficient (Wildman–Crippen LogP) is 1.08. The summed E-state index contributed by atoms with van der Waals surface area (Å²) in [5.74, 6) is -1.09. The first-order valence-electron chi connectivity index (χ1n) is 7.88. The lowest BCUT2D eigenvalue weighted by Crippen LogP contribution is -2.30. The van der Waals surface area contributed by atoms with Crippen LogP contribution in [0.4, 0.5) is 0 Å². The largest absolute Gasteiger partial charge is 0.477 e. The number of nitrogens with zero attached hydrogens (tertiary/aromatic N) is 5. The summed E-state index contributed by atoms with van der Waals surface area (Å²) in [6, 6.07) is 1.77. The quantitative estimate of drug-likeness (QED) is 0.727. The van der Waals surface area contributed by atoms with Gasteiger partial charge in [-0.3, -0.25) is 4.79 Å². The van der Waals surface area contributed by atoms with Crippen LogP contribution in [0.5, 0.6) is 0 Å². The minimum Gasteiger partial charge on any atom is -0.477 e. The van der Waals surface area contributed by atoms with Crippen LogP contribution in [-0.4, -0.2) is 54.8 Å². The number of carboxylic acid groups (broad SMARTS) is 1. The fourth-order valence-corrected chi connectivity index (χ4v) is 2.77. The SMILES string of the molecule is CCN(CC)CCn1ccc2c(cnc3c(C(=O)O)cnn32)c1=O. The van der Waals surface area contributed by atoms with Crippen LogP contribution in [0.2, 0.25) is 0 Å². The second-order valence-electron chi connectivity index (χ2n) is 5.50. The Kier molecular flexibility index (Phi) is 4.30. The maximum atomic E-state index is 12.6. The van der Waals surface area contributed by atoms with Gasteiger partial charge < -0.3 is 14.6 Å². The number of fused-ring (bicyclic) bond motifs is 3. The Morgan fingerprint density at radius 1 is 1.29 bits per heavy atom. The molecule has 8 nitrogen and oxygen atoms in total. The summed E-state index contributed by atoms with van der Waals surface area (Å²) in [4.78, 5) is 30.2. The van der Waals surface area contributed by atoms with E-state index in [-0.39, 0.29) is 16.8 Å². The first-order chi connectivity index (χ1) is 11.6. The van der Waals surface area contributed by atoms with Crippen LogP contribution in [0, 0.1) is 0 Å². The Labute approximate surface area is 138 Å². The fourth-order valence-electron chi connectivity index (χ4n) is 2.77. The molecule has 0 spiro atoms. The molecule has 0 bridgehead atoms. The summed E-state index contributed by atoms with van der Waals surface area (Å²) in [7, 11) is 0. The van der Waals surface area contributed by atoms with Gasteiger partial charge in [-0.05, 0) is 19.2 Å². The van der Waals surface area contributed by atoms with E-state index in [1.807, 2.05) is 0 Å². The van der Waals surface area contributed by atoms with Crippen LogP contribution in [0.1, 0.15) is 24.2 Å². The van der Waals surface area contributed by atoms with Crippen molar-refractivity contribution in [3.8, 4) is 0 Å². The van der Waals surface area contributed by atoms with Gasteiger partial charge in [0.2, 0.25) is 0 Å². The van der Waals surface area contributed by atoms with E-state index in [1.54, 1.807) is 16.8 Å². The molecule has 3 aromatic heterocycles. The number of likely N-dealkylation sites (N-methyl/N-ethyl adjacent to an activating group) is 1. The Bertz CT molecular complexity index is 955. The van der Waals surface area contributed by atoms with Crippen molar-refractivity contribution in [2.24, 2.45) is 0 Å². The van der Waals surface area contributed by atoms with Crippen molar-refractivity contribution in [3.63, 3.8) is 0 Å². The monoisotopic (exact) mass is 329 g/mol. The second kappa shape index (κ2) is 6.40. The molecule has 0 aliphatic carbocycles. The molecular formula is C16H19N5O3. The molecule has 1 N–H and O–H groups in total. The topological polar surface area (TPSA) is 92.7 Å². The molecule has 0 unspecified atom stereocenters. The molecule has 24 heavy (non-hydrogen) atoms. The molecule has 3 heterocycles. The van der Waals surface area contributed by atoms with Gasteiger partial charge in [-0.2, -0.15) is 5.10 Å². The van der Waals surface area contributed by atoms with Gasteiger partial charge in [-0.25, -0.2) is 14.3 Å². The zero-order valence-electron chi connectivity index (χ0n) is 13.6. The molecular weight excluding hydrogens is 310 g/mol. The highest BCUT2D eigenvalue weighted by Gasteiger charge is 2.15. The summed E-state index contributed by atoms with van der Waals surface area (Å²) in [6.07, 6.45) is 4.39.